The number of hydrogen-bond donors (Lipinski definition) is 1. The highest BCUT2D eigenvalue weighted by atomic mass is 19.1. The van der Waals surface area contributed by atoms with Gasteiger partial charge in [-0.3, -0.25) is 4.99 Å². The third-order valence-electron chi connectivity index (χ3n) is 2.72. The molecule has 0 atom stereocenters. The summed E-state index contributed by atoms with van der Waals surface area (Å²) in [6, 6.07) is 0. The summed E-state index contributed by atoms with van der Waals surface area (Å²) < 4.78 is 12.8. The second-order valence-corrected chi connectivity index (χ2v) is 3.72. The third kappa shape index (κ3) is 3.96. The Morgan fingerprint density at radius 2 is 2.20 bits per heavy atom. The van der Waals surface area contributed by atoms with Gasteiger partial charge >= 0.3 is 0 Å². The van der Waals surface area contributed by atoms with Crippen molar-refractivity contribution >= 4 is 5.71 Å². The molecule has 1 heterocycles. The van der Waals surface area contributed by atoms with Crippen LogP contribution < -0.4 is 5.32 Å². The maximum absolute atomic E-state index is 12.8. The van der Waals surface area contributed by atoms with Crippen molar-refractivity contribution in [1.82, 2.24) is 5.32 Å². The van der Waals surface area contributed by atoms with Gasteiger partial charge in [0, 0.05) is 5.71 Å². The molecule has 1 aliphatic heterocycles. The van der Waals surface area contributed by atoms with Crippen molar-refractivity contribution in [1.29, 1.82) is 0 Å². The minimum Gasteiger partial charge on any atom is -0.317 e. The molecule has 1 fully saturated rings. The highest BCUT2D eigenvalue weighted by Crippen LogP contribution is 2.16. The first-order chi connectivity index (χ1) is 7.27. The van der Waals surface area contributed by atoms with Crippen LogP contribution in [-0.2, 0) is 0 Å². The molecule has 1 saturated heterocycles. The van der Waals surface area contributed by atoms with Gasteiger partial charge in [-0.2, -0.15) is 0 Å². The monoisotopic (exact) mass is 210 g/mol. The Morgan fingerprint density at radius 1 is 1.53 bits per heavy atom. The van der Waals surface area contributed by atoms with Gasteiger partial charge in [0.15, 0.2) is 0 Å². The van der Waals surface area contributed by atoms with E-state index in [1.807, 2.05) is 0 Å². The molecule has 0 amide bonds. The molecule has 0 aromatic carbocycles. The first-order valence-electron chi connectivity index (χ1n) is 5.53. The fraction of sp³-hybridized carbons (Fsp3) is 0.583. The van der Waals surface area contributed by atoms with Crippen LogP contribution in [0.2, 0.25) is 0 Å². The first kappa shape index (κ1) is 12.1. The lowest BCUT2D eigenvalue weighted by Crippen LogP contribution is -2.31. The summed E-state index contributed by atoms with van der Waals surface area (Å²) in [6.45, 7) is 7.50. The van der Waals surface area contributed by atoms with E-state index < -0.39 is 0 Å². The average Bonchev–Trinajstić information content (AvgIpc) is 2.31. The Balaban J connectivity index is 2.64. The normalized spacial score (nSPS) is 20.4. The van der Waals surface area contributed by atoms with Gasteiger partial charge in [-0.25, -0.2) is 4.39 Å². The number of rotatable bonds is 4. The van der Waals surface area contributed by atoms with E-state index in [9.17, 15) is 4.39 Å². The van der Waals surface area contributed by atoms with E-state index in [1.54, 1.807) is 0 Å². The Hall–Kier alpha value is -0.960. The Bertz CT molecular complexity index is 263. The number of allylic oxidation sites excluding steroid dienone is 2. The maximum Gasteiger partial charge on any atom is 0.140 e. The molecule has 1 N–H and O–H groups in total. The summed E-state index contributed by atoms with van der Waals surface area (Å²) in [5, 5.41) is 3.31. The summed E-state index contributed by atoms with van der Waals surface area (Å²) >= 11 is 0. The molecular weight excluding hydrogens is 191 g/mol. The molecule has 3 heteroatoms. The minimum atomic E-state index is -0.366. The number of aliphatic imine (C=N–C) groups is 1. The lowest BCUT2D eigenvalue weighted by Gasteiger charge is -2.23. The summed E-state index contributed by atoms with van der Waals surface area (Å²) in [7, 11) is 0. The Labute approximate surface area is 91.0 Å². The Kier molecular flexibility index (Phi) is 5.26. The lowest BCUT2D eigenvalue weighted by molar-refractivity contribution is 0.453. The first-order valence-corrected chi connectivity index (χ1v) is 5.53. The summed E-state index contributed by atoms with van der Waals surface area (Å²) in [6.07, 6.45) is 5.56. The number of nitrogens with zero attached hydrogens (tertiary/aromatic N) is 1. The van der Waals surface area contributed by atoms with E-state index in [0.29, 0.717) is 5.92 Å². The van der Waals surface area contributed by atoms with Crippen molar-refractivity contribution in [2.45, 2.75) is 26.2 Å². The second-order valence-electron chi connectivity index (χ2n) is 3.72. The van der Waals surface area contributed by atoms with Crippen LogP contribution in [0.25, 0.3) is 0 Å². The molecule has 1 rings (SSSR count). The molecule has 0 unspecified atom stereocenters. The van der Waals surface area contributed by atoms with Crippen LogP contribution in [-0.4, -0.2) is 18.8 Å². The topological polar surface area (TPSA) is 24.4 Å². The lowest BCUT2D eigenvalue weighted by atomic mass is 9.91. The van der Waals surface area contributed by atoms with Crippen LogP contribution in [0.3, 0.4) is 0 Å². The van der Waals surface area contributed by atoms with Gasteiger partial charge in [0.05, 0.1) is 6.20 Å². The molecule has 0 bridgehead atoms. The van der Waals surface area contributed by atoms with Crippen LogP contribution in [0.5, 0.6) is 0 Å². The third-order valence-corrected chi connectivity index (χ3v) is 2.72. The number of piperidine rings is 1. The molecular formula is C12H19FN2. The van der Waals surface area contributed by atoms with Gasteiger partial charge in [-0.15, -0.1) is 0 Å². The molecule has 2 nitrogen and oxygen atoms in total. The van der Waals surface area contributed by atoms with Crippen molar-refractivity contribution in [3.63, 3.8) is 0 Å². The zero-order chi connectivity index (χ0) is 11.1. The van der Waals surface area contributed by atoms with Gasteiger partial charge in [0.2, 0.25) is 0 Å². The van der Waals surface area contributed by atoms with Crippen molar-refractivity contribution < 1.29 is 4.39 Å². The highest BCUT2D eigenvalue weighted by Gasteiger charge is 2.16. The van der Waals surface area contributed by atoms with E-state index in [4.69, 9.17) is 0 Å². The molecule has 15 heavy (non-hydrogen) atoms. The van der Waals surface area contributed by atoms with Crippen molar-refractivity contribution in [2.75, 3.05) is 13.1 Å². The minimum absolute atomic E-state index is 0.366. The Morgan fingerprint density at radius 3 is 2.73 bits per heavy atom. The molecule has 0 radical (unpaired) electrons. The van der Waals surface area contributed by atoms with Gasteiger partial charge in [-0.1, -0.05) is 13.5 Å². The van der Waals surface area contributed by atoms with Crippen LogP contribution in [0.4, 0.5) is 4.39 Å². The summed E-state index contributed by atoms with van der Waals surface area (Å²) in [4.78, 5) is 4.22. The van der Waals surface area contributed by atoms with Crippen LogP contribution in [0.1, 0.15) is 26.2 Å². The van der Waals surface area contributed by atoms with Crippen molar-refractivity contribution in [2.24, 2.45) is 10.9 Å². The van der Waals surface area contributed by atoms with Crippen molar-refractivity contribution in [3.05, 3.63) is 24.7 Å². The molecule has 0 saturated carbocycles. The van der Waals surface area contributed by atoms with E-state index in [2.05, 4.69) is 23.8 Å². The zero-order valence-corrected chi connectivity index (χ0v) is 9.30. The van der Waals surface area contributed by atoms with Gasteiger partial charge in [0.1, 0.15) is 5.83 Å². The number of nitrogens with one attached hydrogen (secondary N) is 1. The van der Waals surface area contributed by atoms with Crippen LogP contribution in [0.15, 0.2) is 29.7 Å². The molecule has 0 spiro atoms. The van der Waals surface area contributed by atoms with E-state index in [-0.39, 0.29) is 5.83 Å². The van der Waals surface area contributed by atoms with Crippen LogP contribution in [0, 0.1) is 5.92 Å². The summed E-state index contributed by atoms with van der Waals surface area (Å²) in [5.74, 6) is 0.153. The van der Waals surface area contributed by atoms with E-state index >= 15 is 0 Å². The standard InChI is InChI=1S/C12H19FN2/c1-3-11(13)9-15-12(4-2)10-5-7-14-8-6-10/h3,9-10,14H,1,4-8H2,2H3/b11-9+,15-12?. The van der Waals surface area contributed by atoms with Crippen molar-refractivity contribution in [3.8, 4) is 0 Å². The predicted molar refractivity (Wildman–Crippen MR) is 62.7 cm³/mol. The molecule has 0 aromatic heterocycles. The second kappa shape index (κ2) is 6.51. The fourth-order valence-electron chi connectivity index (χ4n) is 1.84. The average molecular weight is 210 g/mol. The number of halogens is 1. The van der Waals surface area contributed by atoms with Gasteiger partial charge in [-0.05, 0) is 44.3 Å². The highest BCUT2D eigenvalue weighted by molar-refractivity contribution is 5.87. The summed E-state index contributed by atoms with van der Waals surface area (Å²) in [5.41, 5.74) is 1.11. The molecule has 84 valence electrons. The number of hydrogen-bond acceptors (Lipinski definition) is 2. The van der Waals surface area contributed by atoms with Gasteiger partial charge in [0.25, 0.3) is 0 Å². The maximum atomic E-state index is 12.8. The van der Waals surface area contributed by atoms with Gasteiger partial charge < -0.3 is 5.32 Å². The van der Waals surface area contributed by atoms with Crippen LogP contribution >= 0.6 is 0 Å². The molecule has 0 aromatic rings. The van der Waals surface area contributed by atoms with E-state index in [1.165, 1.54) is 12.3 Å². The molecule has 0 aliphatic carbocycles. The van der Waals surface area contributed by atoms with E-state index in [0.717, 1.165) is 38.1 Å². The fourth-order valence-corrected chi connectivity index (χ4v) is 1.84. The molecule has 1 aliphatic rings. The quantitative estimate of drug-likeness (QED) is 0.560. The SMILES string of the molecule is C=C/C(F)=C\N=C(CC)C1CCNCC1. The largest absolute Gasteiger partial charge is 0.317 e. The predicted octanol–water partition coefficient (Wildman–Crippen LogP) is 2.83. The smallest absolute Gasteiger partial charge is 0.140 e. The zero-order valence-electron chi connectivity index (χ0n) is 9.30.